The average Bonchev–Trinajstić information content (AvgIpc) is 3.48. The van der Waals surface area contributed by atoms with Gasteiger partial charge in [-0.3, -0.25) is 9.59 Å². The Bertz CT molecular complexity index is 1150. The molecule has 0 saturated heterocycles. The average molecular weight is 432 g/mol. The van der Waals surface area contributed by atoms with E-state index in [1.807, 2.05) is 45.9 Å². The molecule has 0 unspecified atom stereocenters. The molecular weight excluding hydrogens is 402 g/mol. The Morgan fingerprint density at radius 1 is 1.09 bits per heavy atom. The Morgan fingerprint density at radius 2 is 1.84 bits per heavy atom. The number of anilines is 1. The summed E-state index contributed by atoms with van der Waals surface area (Å²) in [5.74, 6) is 1.57. The first-order valence-electron chi connectivity index (χ1n) is 11.1. The van der Waals surface area contributed by atoms with Crippen molar-refractivity contribution in [3.63, 3.8) is 0 Å². The van der Waals surface area contributed by atoms with Gasteiger partial charge >= 0.3 is 0 Å². The minimum absolute atomic E-state index is 0.0477. The topological polar surface area (TPSA) is 85.1 Å². The number of carbonyl (C=O) groups excluding carboxylic acids is 2. The zero-order chi connectivity index (χ0) is 22.9. The second-order valence-electron chi connectivity index (χ2n) is 9.54. The number of oxazole rings is 1. The van der Waals surface area contributed by atoms with Crippen molar-refractivity contribution in [3.05, 3.63) is 65.5 Å². The molecule has 1 aliphatic carbocycles. The van der Waals surface area contributed by atoms with E-state index >= 15 is 0 Å². The van der Waals surface area contributed by atoms with Gasteiger partial charge in [0.15, 0.2) is 0 Å². The number of amides is 1. The minimum Gasteiger partial charge on any atom is -0.438 e. The number of hydrogen-bond donors (Lipinski definition) is 1. The van der Waals surface area contributed by atoms with E-state index in [1.165, 1.54) is 0 Å². The molecule has 3 aromatic rings. The van der Waals surface area contributed by atoms with Gasteiger partial charge in [0.25, 0.3) is 5.89 Å². The maximum Gasteiger partial charge on any atom is 0.263 e. The number of rotatable bonds is 7. The SMILES string of the molecule is Cc1cc(-c2ccnc(NC(=O)C3CC3)c2)ccc1CCC(=O)c1ncc(C(C)(C)C)o1. The molecule has 2 aromatic heterocycles. The predicted molar refractivity (Wildman–Crippen MR) is 124 cm³/mol. The van der Waals surface area contributed by atoms with Gasteiger partial charge in [0.1, 0.15) is 11.6 Å². The Labute approximate surface area is 188 Å². The highest BCUT2D eigenvalue weighted by Crippen LogP contribution is 2.31. The monoisotopic (exact) mass is 431 g/mol. The highest BCUT2D eigenvalue weighted by atomic mass is 16.4. The molecule has 166 valence electrons. The van der Waals surface area contributed by atoms with Crippen molar-refractivity contribution in [2.75, 3.05) is 5.32 Å². The molecule has 1 saturated carbocycles. The number of ketones is 1. The van der Waals surface area contributed by atoms with Crippen molar-refractivity contribution in [1.29, 1.82) is 0 Å². The Balaban J connectivity index is 1.41. The van der Waals surface area contributed by atoms with Crippen LogP contribution in [-0.2, 0) is 16.6 Å². The molecule has 1 aliphatic rings. The van der Waals surface area contributed by atoms with Gasteiger partial charge in [0, 0.05) is 24.0 Å². The Kier molecular flexibility index (Phi) is 5.96. The maximum atomic E-state index is 12.5. The Hall–Kier alpha value is -3.28. The molecule has 1 N–H and O–H groups in total. The summed E-state index contributed by atoms with van der Waals surface area (Å²) in [7, 11) is 0. The van der Waals surface area contributed by atoms with Gasteiger partial charge in [-0.15, -0.1) is 0 Å². The number of nitrogens with zero attached hydrogens (tertiary/aromatic N) is 2. The molecular formula is C26H29N3O3. The van der Waals surface area contributed by atoms with E-state index in [0.717, 1.165) is 35.1 Å². The number of Topliss-reactive ketones (excluding diaryl/α,β-unsaturated/α-hetero) is 1. The maximum absolute atomic E-state index is 12.5. The van der Waals surface area contributed by atoms with Crippen LogP contribution in [0.25, 0.3) is 11.1 Å². The summed E-state index contributed by atoms with van der Waals surface area (Å²) in [4.78, 5) is 33.0. The molecule has 0 radical (unpaired) electrons. The predicted octanol–water partition coefficient (Wildman–Crippen LogP) is 5.51. The third-order valence-corrected chi connectivity index (χ3v) is 5.74. The van der Waals surface area contributed by atoms with E-state index in [1.54, 1.807) is 12.4 Å². The molecule has 0 aliphatic heterocycles. The second-order valence-corrected chi connectivity index (χ2v) is 9.54. The molecule has 0 atom stereocenters. The van der Waals surface area contributed by atoms with E-state index in [-0.39, 0.29) is 28.9 Å². The Morgan fingerprint density at radius 3 is 2.50 bits per heavy atom. The lowest BCUT2D eigenvalue weighted by Crippen LogP contribution is -2.14. The van der Waals surface area contributed by atoms with Crippen molar-refractivity contribution < 1.29 is 14.0 Å². The van der Waals surface area contributed by atoms with Crippen LogP contribution in [0, 0.1) is 12.8 Å². The van der Waals surface area contributed by atoms with E-state index in [4.69, 9.17) is 4.42 Å². The zero-order valence-electron chi connectivity index (χ0n) is 19.1. The summed E-state index contributed by atoms with van der Waals surface area (Å²) in [5, 5.41) is 2.90. The lowest BCUT2D eigenvalue weighted by molar-refractivity contribution is -0.117. The molecule has 1 aromatic carbocycles. The zero-order valence-corrected chi connectivity index (χ0v) is 19.1. The molecule has 32 heavy (non-hydrogen) atoms. The van der Waals surface area contributed by atoms with Gasteiger partial charge in [-0.2, -0.15) is 0 Å². The van der Waals surface area contributed by atoms with Crippen LogP contribution in [0.4, 0.5) is 5.82 Å². The summed E-state index contributed by atoms with van der Waals surface area (Å²) in [6.45, 7) is 8.13. The van der Waals surface area contributed by atoms with Crippen molar-refractivity contribution >= 4 is 17.5 Å². The highest BCUT2D eigenvalue weighted by molar-refractivity contribution is 5.93. The third-order valence-electron chi connectivity index (χ3n) is 5.74. The van der Waals surface area contributed by atoms with E-state index in [2.05, 4.69) is 27.4 Å². The van der Waals surface area contributed by atoms with Crippen molar-refractivity contribution in [2.24, 2.45) is 5.92 Å². The van der Waals surface area contributed by atoms with Crippen LogP contribution in [0.3, 0.4) is 0 Å². The summed E-state index contributed by atoms with van der Waals surface area (Å²) in [6, 6.07) is 10.0. The number of benzene rings is 1. The quantitative estimate of drug-likeness (QED) is 0.499. The normalized spacial score (nSPS) is 13.8. The number of aromatic nitrogens is 2. The van der Waals surface area contributed by atoms with Gasteiger partial charge in [0.2, 0.25) is 11.7 Å². The number of pyridine rings is 1. The van der Waals surface area contributed by atoms with Crippen LogP contribution in [0.2, 0.25) is 0 Å². The number of aryl methyl sites for hydroxylation is 2. The fourth-order valence-electron chi connectivity index (χ4n) is 3.51. The second kappa shape index (κ2) is 8.69. The standard InChI is InChI=1S/C26H29N3O3/c1-16-13-19(20-11-12-27-23(14-20)29-24(31)18-6-7-18)8-5-17(16)9-10-21(30)25-28-15-22(32-25)26(2,3)4/h5,8,11-15,18H,6-7,9-10H2,1-4H3,(H,27,29,31). The summed E-state index contributed by atoms with van der Waals surface area (Å²) in [5.41, 5.74) is 4.08. The van der Waals surface area contributed by atoms with E-state index in [9.17, 15) is 9.59 Å². The lowest BCUT2D eigenvalue weighted by atomic mass is 9.94. The van der Waals surface area contributed by atoms with Crippen LogP contribution >= 0.6 is 0 Å². The van der Waals surface area contributed by atoms with Gasteiger partial charge in [0.05, 0.1) is 6.20 Å². The molecule has 1 fully saturated rings. The van der Waals surface area contributed by atoms with E-state index < -0.39 is 0 Å². The fraction of sp³-hybridized carbons (Fsp3) is 0.385. The first-order valence-corrected chi connectivity index (χ1v) is 11.1. The molecule has 0 spiro atoms. The molecule has 4 rings (SSSR count). The van der Waals surface area contributed by atoms with Crippen LogP contribution in [0.5, 0.6) is 0 Å². The van der Waals surface area contributed by atoms with Crippen molar-refractivity contribution in [2.45, 2.75) is 58.8 Å². The molecule has 2 heterocycles. The number of hydrogen-bond acceptors (Lipinski definition) is 5. The summed E-state index contributed by atoms with van der Waals surface area (Å²) < 4.78 is 5.67. The van der Waals surface area contributed by atoms with Crippen molar-refractivity contribution in [1.82, 2.24) is 9.97 Å². The van der Waals surface area contributed by atoms with Gasteiger partial charge < -0.3 is 9.73 Å². The van der Waals surface area contributed by atoms with Crippen molar-refractivity contribution in [3.8, 4) is 11.1 Å². The smallest absolute Gasteiger partial charge is 0.263 e. The van der Waals surface area contributed by atoms with Crippen LogP contribution in [0.15, 0.2) is 47.1 Å². The highest BCUT2D eigenvalue weighted by Gasteiger charge is 2.29. The molecule has 0 bridgehead atoms. The minimum atomic E-state index is -0.175. The number of carbonyl (C=O) groups is 2. The van der Waals surface area contributed by atoms with Crippen LogP contribution < -0.4 is 5.32 Å². The fourth-order valence-corrected chi connectivity index (χ4v) is 3.51. The third kappa shape index (κ3) is 5.13. The first-order chi connectivity index (χ1) is 15.2. The molecule has 6 heteroatoms. The molecule has 6 nitrogen and oxygen atoms in total. The largest absolute Gasteiger partial charge is 0.438 e. The lowest BCUT2D eigenvalue weighted by Gasteiger charge is -2.13. The van der Waals surface area contributed by atoms with E-state index in [0.29, 0.717) is 24.4 Å². The van der Waals surface area contributed by atoms with Gasteiger partial charge in [-0.1, -0.05) is 39.0 Å². The molecule has 1 amide bonds. The summed E-state index contributed by atoms with van der Waals surface area (Å²) >= 11 is 0. The number of nitrogens with one attached hydrogen (secondary N) is 1. The first kappa shape index (κ1) is 21.9. The summed E-state index contributed by atoms with van der Waals surface area (Å²) in [6.07, 6.45) is 6.24. The van der Waals surface area contributed by atoms with Gasteiger partial charge in [-0.05, 0) is 60.6 Å². The van der Waals surface area contributed by atoms with Gasteiger partial charge in [-0.25, -0.2) is 9.97 Å². The van der Waals surface area contributed by atoms with Crippen LogP contribution in [0.1, 0.15) is 67.6 Å². The van der Waals surface area contributed by atoms with Crippen LogP contribution in [-0.4, -0.2) is 21.7 Å².